The minimum atomic E-state index is -3.57. The molecule has 7 heteroatoms. The van der Waals surface area contributed by atoms with E-state index in [-0.39, 0.29) is 18.6 Å². The van der Waals surface area contributed by atoms with E-state index in [1.807, 2.05) is 6.92 Å². The van der Waals surface area contributed by atoms with Crippen molar-refractivity contribution in [2.75, 3.05) is 17.6 Å². The zero-order chi connectivity index (χ0) is 14.5. The van der Waals surface area contributed by atoms with Gasteiger partial charge in [0.05, 0.1) is 18.6 Å². The number of sulfonamides is 1. The van der Waals surface area contributed by atoms with Gasteiger partial charge in [0.2, 0.25) is 10.0 Å². The first-order chi connectivity index (χ1) is 8.84. The molecule has 0 aromatic heterocycles. The Bertz CT molecular complexity index is 553. The Kier molecular flexibility index (Phi) is 5.17. The molecule has 2 N–H and O–H groups in total. The van der Waals surface area contributed by atoms with Crippen LogP contribution in [0.1, 0.15) is 18.4 Å². The van der Waals surface area contributed by atoms with Crippen molar-refractivity contribution in [3.63, 3.8) is 0 Å². The van der Waals surface area contributed by atoms with Gasteiger partial charge in [0, 0.05) is 6.42 Å². The predicted molar refractivity (Wildman–Crippen MR) is 72.0 cm³/mol. The number of anilines is 1. The third-order valence-electron chi connectivity index (χ3n) is 2.42. The van der Waals surface area contributed by atoms with Crippen molar-refractivity contribution in [2.45, 2.75) is 19.8 Å². The maximum Gasteiger partial charge on any atom is 0.303 e. The van der Waals surface area contributed by atoms with Crippen LogP contribution in [0.3, 0.4) is 0 Å². The summed E-state index contributed by atoms with van der Waals surface area (Å²) >= 11 is 0. The van der Waals surface area contributed by atoms with Gasteiger partial charge >= 0.3 is 5.97 Å². The van der Waals surface area contributed by atoms with Crippen LogP contribution in [0.5, 0.6) is 5.75 Å². The SMILES string of the molecule is COc1ccc(C)cc1NS(=O)(=O)CCCC(=O)O. The van der Waals surface area contributed by atoms with E-state index >= 15 is 0 Å². The number of carbonyl (C=O) groups is 1. The molecule has 0 spiro atoms. The van der Waals surface area contributed by atoms with Crippen molar-refractivity contribution < 1.29 is 23.1 Å². The largest absolute Gasteiger partial charge is 0.495 e. The van der Waals surface area contributed by atoms with Crippen molar-refractivity contribution in [1.29, 1.82) is 0 Å². The highest BCUT2D eigenvalue weighted by molar-refractivity contribution is 7.92. The monoisotopic (exact) mass is 287 g/mol. The minimum Gasteiger partial charge on any atom is -0.495 e. The molecule has 1 aromatic carbocycles. The standard InChI is InChI=1S/C12H17NO5S/c1-9-5-6-11(18-2)10(8-9)13-19(16,17)7-3-4-12(14)15/h5-6,8,13H,3-4,7H2,1-2H3,(H,14,15). The molecule has 0 unspecified atom stereocenters. The highest BCUT2D eigenvalue weighted by atomic mass is 32.2. The van der Waals surface area contributed by atoms with Crippen LogP contribution in [0.4, 0.5) is 5.69 Å². The van der Waals surface area contributed by atoms with E-state index in [0.29, 0.717) is 11.4 Å². The molecular formula is C12H17NO5S. The topological polar surface area (TPSA) is 92.7 Å². The molecule has 0 bridgehead atoms. The van der Waals surface area contributed by atoms with Crippen molar-refractivity contribution >= 4 is 21.7 Å². The summed E-state index contributed by atoms with van der Waals surface area (Å²) in [6.07, 6.45) is -0.106. The minimum absolute atomic E-state index is 0.0683. The first-order valence-electron chi connectivity index (χ1n) is 5.71. The van der Waals surface area contributed by atoms with Gasteiger partial charge in [-0.25, -0.2) is 8.42 Å². The van der Waals surface area contributed by atoms with Gasteiger partial charge in [-0.3, -0.25) is 9.52 Å². The highest BCUT2D eigenvalue weighted by Crippen LogP contribution is 2.26. The molecule has 19 heavy (non-hydrogen) atoms. The lowest BCUT2D eigenvalue weighted by atomic mass is 10.2. The van der Waals surface area contributed by atoms with Crippen LogP contribution in [0, 0.1) is 6.92 Å². The van der Waals surface area contributed by atoms with Gasteiger partial charge in [0.25, 0.3) is 0 Å². The van der Waals surface area contributed by atoms with Crippen molar-refractivity contribution in [1.82, 2.24) is 0 Å². The number of benzene rings is 1. The van der Waals surface area contributed by atoms with Crippen LogP contribution in [0.25, 0.3) is 0 Å². The van der Waals surface area contributed by atoms with Crippen LogP contribution < -0.4 is 9.46 Å². The Morgan fingerprint density at radius 3 is 2.68 bits per heavy atom. The molecule has 0 fully saturated rings. The van der Waals surface area contributed by atoms with Crippen LogP contribution >= 0.6 is 0 Å². The van der Waals surface area contributed by atoms with Crippen molar-refractivity contribution in [2.24, 2.45) is 0 Å². The van der Waals surface area contributed by atoms with Crippen LogP contribution in [0.2, 0.25) is 0 Å². The molecule has 0 radical (unpaired) electrons. The van der Waals surface area contributed by atoms with Crippen molar-refractivity contribution in [3.8, 4) is 5.75 Å². The number of carboxylic acid groups (broad SMARTS) is 1. The number of carboxylic acids is 1. The third kappa shape index (κ3) is 5.17. The molecule has 0 aliphatic carbocycles. The molecule has 0 aliphatic heterocycles. The summed E-state index contributed by atoms with van der Waals surface area (Å²) in [5.41, 5.74) is 1.25. The first-order valence-corrected chi connectivity index (χ1v) is 7.36. The Balaban J connectivity index is 2.77. The number of methoxy groups -OCH3 is 1. The zero-order valence-corrected chi connectivity index (χ0v) is 11.7. The highest BCUT2D eigenvalue weighted by Gasteiger charge is 2.14. The second kappa shape index (κ2) is 6.42. The molecule has 106 valence electrons. The van der Waals surface area contributed by atoms with Gasteiger partial charge in [-0.05, 0) is 31.0 Å². The number of nitrogens with one attached hydrogen (secondary N) is 1. The Morgan fingerprint density at radius 2 is 2.11 bits per heavy atom. The zero-order valence-electron chi connectivity index (χ0n) is 10.8. The molecule has 0 amide bonds. The lowest BCUT2D eigenvalue weighted by Gasteiger charge is -2.12. The smallest absolute Gasteiger partial charge is 0.303 e. The lowest BCUT2D eigenvalue weighted by molar-refractivity contribution is -0.137. The van der Waals surface area contributed by atoms with Gasteiger partial charge in [0.1, 0.15) is 5.75 Å². The van der Waals surface area contributed by atoms with E-state index in [4.69, 9.17) is 9.84 Å². The molecule has 1 rings (SSSR count). The molecule has 0 saturated heterocycles. The number of ether oxygens (including phenoxy) is 1. The maximum atomic E-state index is 11.8. The van der Waals surface area contributed by atoms with Gasteiger partial charge in [-0.15, -0.1) is 0 Å². The van der Waals surface area contributed by atoms with Crippen LogP contribution in [-0.2, 0) is 14.8 Å². The van der Waals surface area contributed by atoms with Gasteiger partial charge in [-0.1, -0.05) is 6.07 Å². The van der Waals surface area contributed by atoms with Crippen LogP contribution in [-0.4, -0.2) is 32.4 Å². The second-order valence-corrected chi connectivity index (χ2v) is 5.96. The quantitative estimate of drug-likeness (QED) is 0.794. The number of rotatable bonds is 7. The summed E-state index contributed by atoms with van der Waals surface area (Å²) in [5, 5.41) is 8.48. The average Bonchev–Trinajstić information content (AvgIpc) is 2.27. The Hall–Kier alpha value is -1.76. The first kappa shape index (κ1) is 15.3. The summed E-state index contributed by atoms with van der Waals surface area (Å²) in [7, 11) is -2.12. The number of aliphatic carboxylic acids is 1. The fourth-order valence-electron chi connectivity index (χ4n) is 1.53. The Labute approximate surface area is 112 Å². The normalized spacial score (nSPS) is 11.1. The number of aryl methyl sites for hydroxylation is 1. The molecule has 0 atom stereocenters. The van der Waals surface area contributed by atoms with E-state index in [2.05, 4.69) is 4.72 Å². The molecule has 0 aliphatic rings. The average molecular weight is 287 g/mol. The van der Waals surface area contributed by atoms with Crippen molar-refractivity contribution in [3.05, 3.63) is 23.8 Å². The van der Waals surface area contributed by atoms with E-state index in [1.165, 1.54) is 7.11 Å². The van der Waals surface area contributed by atoms with Gasteiger partial charge in [-0.2, -0.15) is 0 Å². The molecule has 0 saturated carbocycles. The maximum absolute atomic E-state index is 11.8. The molecular weight excluding hydrogens is 270 g/mol. The molecule has 0 heterocycles. The summed E-state index contributed by atoms with van der Waals surface area (Å²) in [6, 6.07) is 5.14. The fraction of sp³-hybridized carbons (Fsp3) is 0.417. The summed E-state index contributed by atoms with van der Waals surface area (Å²) in [5.74, 6) is -0.827. The van der Waals surface area contributed by atoms with E-state index in [9.17, 15) is 13.2 Å². The summed E-state index contributed by atoms with van der Waals surface area (Å²) in [6.45, 7) is 1.83. The predicted octanol–water partition coefficient (Wildman–Crippen LogP) is 1.61. The second-order valence-electron chi connectivity index (χ2n) is 4.12. The van der Waals surface area contributed by atoms with E-state index in [1.54, 1.807) is 18.2 Å². The summed E-state index contributed by atoms with van der Waals surface area (Å²) in [4.78, 5) is 10.4. The van der Waals surface area contributed by atoms with Crippen LogP contribution in [0.15, 0.2) is 18.2 Å². The van der Waals surface area contributed by atoms with E-state index < -0.39 is 16.0 Å². The number of hydrogen-bond donors (Lipinski definition) is 2. The number of hydrogen-bond acceptors (Lipinski definition) is 4. The summed E-state index contributed by atoms with van der Waals surface area (Å²) < 4.78 is 31.1. The fourth-order valence-corrected chi connectivity index (χ4v) is 2.65. The van der Waals surface area contributed by atoms with Gasteiger partial charge in [0.15, 0.2) is 0 Å². The Morgan fingerprint density at radius 1 is 1.42 bits per heavy atom. The third-order valence-corrected chi connectivity index (χ3v) is 3.78. The van der Waals surface area contributed by atoms with E-state index in [0.717, 1.165) is 5.56 Å². The lowest BCUT2D eigenvalue weighted by Crippen LogP contribution is -2.18. The molecule has 6 nitrogen and oxygen atoms in total. The molecule has 1 aromatic rings. The van der Waals surface area contributed by atoms with Gasteiger partial charge < -0.3 is 9.84 Å².